The van der Waals surface area contributed by atoms with Crippen LogP contribution in [-0.4, -0.2) is 31.6 Å². The lowest BCUT2D eigenvalue weighted by molar-refractivity contribution is 0.278. The Morgan fingerprint density at radius 3 is 2.69 bits per heavy atom. The van der Waals surface area contributed by atoms with Crippen LogP contribution in [0.1, 0.15) is 17.5 Å². The van der Waals surface area contributed by atoms with E-state index in [1.165, 1.54) is 37.2 Å². The van der Waals surface area contributed by atoms with Crippen molar-refractivity contribution in [2.45, 2.75) is 19.9 Å². The number of nitrogens with one attached hydrogen (secondary N) is 1. The molecule has 1 aliphatic rings. The van der Waals surface area contributed by atoms with Crippen molar-refractivity contribution < 1.29 is 0 Å². The zero-order valence-corrected chi connectivity index (χ0v) is 10.4. The van der Waals surface area contributed by atoms with Crippen molar-refractivity contribution in [3.63, 3.8) is 0 Å². The summed E-state index contributed by atoms with van der Waals surface area (Å²) in [5.74, 6) is 0.843. The third kappa shape index (κ3) is 3.32. The zero-order chi connectivity index (χ0) is 11.4. The van der Waals surface area contributed by atoms with E-state index in [-0.39, 0.29) is 0 Å². The second kappa shape index (κ2) is 5.46. The van der Waals surface area contributed by atoms with Crippen LogP contribution < -0.4 is 5.32 Å². The maximum Gasteiger partial charge on any atom is 0.0230 e. The first kappa shape index (κ1) is 11.6. The lowest BCUT2D eigenvalue weighted by atomic mass is 10.1. The predicted molar refractivity (Wildman–Crippen MR) is 68.5 cm³/mol. The molecular formula is C14H22N2. The van der Waals surface area contributed by atoms with Gasteiger partial charge in [0.05, 0.1) is 0 Å². The molecule has 0 radical (unpaired) electrons. The van der Waals surface area contributed by atoms with Gasteiger partial charge in [-0.05, 0) is 45.0 Å². The molecule has 0 bridgehead atoms. The van der Waals surface area contributed by atoms with E-state index in [0.717, 1.165) is 12.5 Å². The number of nitrogens with zero attached hydrogens (tertiary/aromatic N) is 1. The lowest BCUT2D eigenvalue weighted by Crippen LogP contribution is -2.26. The number of benzene rings is 1. The highest BCUT2D eigenvalue weighted by molar-refractivity contribution is 5.21. The van der Waals surface area contributed by atoms with Crippen LogP contribution in [0.3, 0.4) is 0 Å². The van der Waals surface area contributed by atoms with Crippen LogP contribution in [0, 0.1) is 12.8 Å². The summed E-state index contributed by atoms with van der Waals surface area (Å²) in [5.41, 5.74) is 2.76. The zero-order valence-electron chi connectivity index (χ0n) is 10.4. The summed E-state index contributed by atoms with van der Waals surface area (Å²) in [6.07, 6.45) is 1.33. The normalized spacial score (nSPS) is 20.6. The maximum absolute atomic E-state index is 3.42. The fraction of sp³-hybridized carbons (Fsp3) is 0.571. The monoisotopic (exact) mass is 218 g/mol. The van der Waals surface area contributed by atoms with Crippen molar-refractivity contribution in [2.75, 3.05) is 26.7 Å². The molecule has 0 aromatic heterocycles. The van der Waals surface area contributed by atoms with E-state index in [1.54, 1.807) is 0 Å². The van der Waals surface area contributed by atoms with Crippen LogP contribution in [0.15, 0.2) is 24.3 Å². The van der Waals surface area contributed by atoms with Gasteiger partial charge in [0.15, 0.2) is 0 Å². The summed E-state index contributed by atoms with van der Waals surface area (Å²) in [4.78, 5) is 2.43. The smallest absolute Gasteiger partial charge is 0.0230 e. The summed E-state index contributed by atoms with van der Waals surface area (Å²) in [6.45, 7) is 6.80. The summed E-state index contributed by atoms with van der Waals surface area (Å²) in [5, 5.41) is 3.42. The molecule has 1 unspecified atom stereocenters. The molecule has 0 aliphatic carbocycles. The van der Waals surface area contributed by atoms with E-state index in [4.69, 9.17) is 0 Å². The molecule has 1 N–H and O–H groups in total. The van der Waals surface area contributed by atoms with E-state index in [0.29, 0.717) is 0 Å². The molecular weight excluding hydrogens is 196 g/mol. The topological polar surface area (TPSA) is 15.3 Å². The van der Waals surface area contributed by atoms with Gasteiger partial charge >= 0.3 is 0 Å². The van der Waals surface area contributed by atoms with Crippen LogP contribution in [-0.2, 0) is 6.54 Å². The maximum atomic E-state index is 3.42. The number of hydrogen-bond acceptors (Lipinski definition) is 2. The first-order valence-electron chi connectivity index (χ1n) is 6.19. The van der Waals surface area contributed by atoms with Gasteiger partial charge in [0, 0.05) is 13.1 Å². The molecule has 2 heteroatoms. The Morgan fingerprint density at radius 1 is 1.31 bits per heavy atom. The Morgan fingerprint density at radius 2 is 2.06 bits per heavy atom. The molecule has 1 aromatic carbocycles. The summed E-state index contributed by atoms with van der Waals surface area (Å²) in [6, 6.07) is 8.86. The third-order valence-electron chi connectivity index (χ3n) is 3.31. The van der Waals surface area contributed by atoms with Gasteiger partial charge in [-0.15, -0.1) is 0 Å². The van der Waals surface area contributed by atoms with Gasteiger partial charge in [0.2, 0.25) is 0 Å². The van der Waals surface area contributed by atoms with Gasteiger partial charge in [0.1, 0.15) is 0 Å². The Balaban J connectivity index is 1.81. The summed E-state index contributed by atoms with van der Waals surface area (Å²) < 4.78 is 0. The van der Waals surface area contributed by atoms with Crippen LogP contribution in [0.2, 0.25) is 0 Å². The Hall–Kier alpha value is -0.860. The largest absolute Gasteiger partial charge is 0.316 e. The molecule has 1 aromatic rings. The molecule has 2 nitrogen and oxygen atoms in total. The Labute approximate surface area is 98.7 Å². The fourth-order valence-electron chi connectivity index (χ4n) is 2.38. The molecule has 1 saturated heterocycles. The first-order chi connectivity index (χ1) is 7.74. The van der Waals surface area contributed by atoms with Crippen molar-refractivity contribution in [1.82, 2.24) is 10.2 Å². The minimum Gasteiger partial charge on any atom is -0.316 e. The molecule has 1 aliphatic heterocycles. The molecule has 0 saturated carbocycles. The highest BCUT2D eigenvalue weighted by Crippen LogP contribution is 2.11. The van der Waals surface area contributed by atoms with Crippen molar-refractivity contribution in [2.24, 2.45) is 5.92 Å². The highest BCUT2D eigenvalue weighted by Gasteiger charge is 2.16. The predicted octanol–water partition coefficient (Wildman–Crippen LogP) is 2.04. The summed E-state index contributed by atoms with van der Waals surface area (Å²) >= 11 is 0. The fourth-order valence-corrected chi connectivity index (χ4v) is 2.38. The number of hydrogen-bond donors (Lipinski definition) is 1. The van der Waals surface area contributed by atoms with Gasteiger partial charge in [0.25, 0.3) is 0 Å². The van der Waals surface area contributed by atoms with E-state index >= 15 is 0 Å². The van der Waals surface area contributed by atoms with Crippen molar-refractivity contribution in [3.8, 4) is 0 Å². The summed E-state index contributed by atoms with van der Waals surface area (Å²) in [7, 11) is 2.22. The van der Waals surface area contributed by atoms with Crippen molar-refractivity contribution in [3.05, 3.63) is 35.4 Å². The first-order valence-corrected chi connectivity index (χ1v) is 6.19. The second-order valence-electron chi connectivity index (χ2n) is 5.04. The average Bonchev–Trinajstić information content (AvgIpc) is 2.74. The number of rotatable bonds is 4. The Kier molecular flexibility index (Phi) is 3.97. The van der Waals surface area contributed by atoms with Crippen molar-refractivity contribution >= 4 is 0 Å². The molecule has 1 fully saturated rings. The molecule has 16 heavy (non-hydrogen) atoms. The van der Waals surface area contributed by atoms with Crippen molar-refractivity contribution in [1.29, 1.82) is 0 Å². The Bertz CT molecular complexity index is 312. The molecule has 0 spiro atoms. The van der Waals surface area contributed by atoms with Crippen LogP contribution in [0.4, 0.5) is 0 Å². The van der Waals surface area contributed by atoms with Crippen LogP contribution in [0.25, 0.3) is 0 Å². The van der Waals surface area contributed by atoms with Crippen LogP contribution >= 0.6 is 0 Å². The molecule has 2 rings (SSSR count). The quantitative estimate of drug-likeness (QED) is 0.832. The molecule has 1 atom stereocenters. The number of aryl methyl sites for hydroxylation is 1. The van der Waals surface area contributed by atoms with E-state index in [1.807, 2.05) is 0 Å². The average molecular weight is 218 g/mol. The van der Waals surface area contributed by atoms with Crippen LogP contribution in [0.5, 0.6) is 0 Å². The SMILES string of the molecule is Cc1ccc(CN(C)CC2CCNC2)cc1. The molecule has 88 valence electrons. The minimum absolute atomic E-state index is 0.843. The van der Waals surface area contributed by atoms with E-state index in [9.17, 15) is 0 Å². The van der Waals surface area contributed by atoms with E-state index in [2.05, 4.69) is 48.5 Å². The van der Waals surface area contributed by atoms with Gasteiger partial charge in [-0.2, -0.15) is 0 Å². The standard InChI is InChI=1S/C14H22N2/c1-12-3-5-13(6-4-12)10-16(2)11-14-7-8-15-9-14/h3-6,14-15H,7-11H2,1-2H3. The second-order valence-corrected chi connectivity index (χ2v) is 5.04. The molecule has 1 heterocycles. The molecule has 0 amide bonds. The van der Waals surface area contributed by atoms with Gasteiger partial charge in [-0.1, -0.05) is 29.8 Å². The van der Waals surface area contributed by atoms with Gasteiger partial charge in [-0.25, -0.2) is 0 Å². The van der Waals surface area contributed by atoms with Gasteiger partial charge < -0.3 is 10.2 Å². The van der Waals surface area contributed by atoms with Gasteiger partial charge in [-0.3, -0.25) is 0 Å². The highest BCUT2D eigenvalue weighted by atomic mass is 15.1. The minimum atomic E-state index is 0.843. The van der Waals surface area contributed by atoms with E-state index < -0.39 is 0 Å². The third-order valence-corrected chi connectivity index (χ3v) is 3.31. The lowest BCUT2D eigenvalue weighted by Gasteiger charge is -2.20.